The van der Waals surface area contributed by atoms with Crippen LogP contribution in [0.1, 0.15) is 78.7 Å². The van der Waals surface area contributed by atoms with Crippen LogP contribution >= 0.6 is 0 Å². The predicted octanol–water partition coefficient (Wildman–Crippen LogP) is 7.94. The number of halogens is 3. The number of fused-ring (bicyclic) bond motifs is 1. The number of hydrogen-bond donors (Lipinski definition) is 1. The fraction of sp³-hybridized carbons (Fsp3) is 0.438. The molecule has 2 saturated carbocycles. The van der Waals surface area contributed by atoms with Crippen molar-refractivity contribution in [1.82, 2.24) is 15.4 Å². The molecule has 2 aliphatic rings. The van der Waals surface area contributed by atoms with Gasteiger partial charge in [-0.3, -0.25) is 0 Å². The largest absolute Gasteiger partial charge is 0.493 e. The fourth-order valence-corrected chi connectivity index (χ4v) is 6.17. The highest BCUT2D eigenvalue weighted by molar-refractivity contribution is 5.90. The molecule has 0 saturated heterocycles. The van der Waals surface area contributed by atoms with Gasteiger partial charge in [0.05, 0.1) is 17.7 Å². The Bertz CT molecular complexity index is 1590. The lowest BCUT2D eigenvalue weighted by Gasteiger charge is -2.32. The summed E-state index contributed by atoms with van der Waals surface area (Å²) in [5, 5.41) is 21.7. The molecule has 0 amide bonds. The number of benzene rings is 2. The van der Waals surface area contributed by atoms with Crippen molar-refractivity contribution >= 4 is 16.9 Å². The summed E-state index contributed by atoms with van der Waals surface area (Å²) in [5.41, 5.74) is 1.05. The van der Waals surface area contributed by atoms with E-state index in [-0.39, 0.29) is 23.1 Å². The number of carboxylic acids is 1. The molecule has 2 aromatic carbocycles. The van der Waals surface area contributed by atoms with Crippen LogP contribution in [0.2, 0.25) is 0 Å². The van der Waals surface area contributed by atoms with E-state index in [1.165, 1.54) is 18.2 Å². The second kappa shape index (κ2) is 11.4. The number of alkyl halides is 3. The molecule has 1 atom stereocenters. The zero-order chi connectivity index (χ0) is 29.4. The molecule has 2 aromatic heterocycles. The first kappa shape index (κ1) is 28.2. The molecule has 0 aliphatic heterocycles. The maximum atomic E-state index is 13.8. The van der Waals surface area contributed by atoms with Crippen LogP contribution in [0.3, 0.4) is 0 Å². The molecule has 0 bridgehead atoms. The van der Waals surface area contributed by atoms with Gasteiger partial charge in [0, 0.05) is 28.5 Å². The summed E-state index contributed by atoms with van der Waals surface area (Å²) >= 11 is 0. The van der Waals surface area contributed by atoms with Gasteiger partial charge in [-0.05, 0) is 87.0 Å². The highest BCUT2D eigenvalue weighted by Gasteiger charge is 2.38. The van der Waals surface area contributed by atoms with Gasteiger partial charge in [0.1, 0.15) is 17.2 Å². The van der Waals surface area contributed by atoms with Gasteiger partial charge >= 0.3 is 12.1 Å². The van der Waals surface area contributed by atoms with Gasteiger partial charge in [0.25, 0.3) is 0 Å². The third kappa shape index (κ3) is 5.98. The molecule has 1 unspecified atom stereocenters. The molecule has 2 fully saturated rings. The Morgan fingerprint density at radius 1 is 1.05 bits per heavy atom. The van der Waals surface area contributed by atoms with Crippen LogP contribution < -0.4 is 4.74 Å². The summed E-state index contributed by atoms with van der Waals surface area (Å²) in [6, 6.07) is 12.5. The summed E-state index contributed by atoms with van der Waals surface area (Å²) in [6.45, 7) is 2.76. The SMILES string of the molecule is CC(Cc1c(-c2ccccc2C(F)(F)F)noc1C1CC1)C1CCC(COc2ccc3cc(C(=O)O)nnc3c2)CC1. The molecule has 220 valence electrons. The molecule has 42 heavy (non-hydrogen) atoms. The molecule has 2 heterocycles. The van der Waals surface area contributed by atoms with Gasteiger partial charge in [0.2, 0.25) is 0 Å². The summed E-state index contributed by atoms with van der Waals surface area (Å²) < 4.78 is 53.2. The van der Waals surface area contributed by atoms with Crippen molar-refractivity contribution in [2.45, 2.75) is 64.0 Å². The van der Waals surface area contributed by atoms with Gasteiger partial charge in [-0.15, -0.1) is 10.2 Å². The topological polar surface area (TPSA) is 98.3 Å². The Morgan fingerprint density at radius 3 is 2.52 bits per heavy atom. The average Bonchev–Trinajstić information content (AvgIpc) is 3.75. The summed E-state index contributed by atoms with van der Waals surface area (Å²) in [7, 11) is 0. The van der Waals surface area contributed by atoms with E-state index in [1.807, 2.05) is 6.07 Å². The zero-order valence-electron chi connectivity index (χ0n) is 23.2. The second-order valence-electron chi connectivity index (χ2n) is 11.7. The van der Waals surface area contributed by atoms with Gasteiger partial charge in [-0.25, -0.2) is 4.79 Å². The standard InChI is InChI=1S/C32H32F3N3O4/c1-18(14-25-29(38-42-30(25)21-10-11-21)24-4-2-3-5-26(24)32(33,34)35)20-8-6-19(7-9-20)17-41-23-13-12-22-15-28(31(39)40)37-36-27(22)16-23/h2-5,12-13,15-16,18-21H,6-11,14,17H2,1H3,(H,39,40). The van der Waals surface area contributed by atoms with Gasteiger partial charge in [0.15, 0.2) is 5.69 Å². The third-order valence-corrected chi connectivity index (χ3v) is 8.74. The van der Waals surface area contributed by atoms with E-state index in [0.717, 1.165) is 55.9 Å². The monoisotopic (exact) mass is 579 g/mol. The van der Waals surface area contributed by atoms with E-state index in [4.69, 9.17) is 14.4 Å². The lowest BCUT2D eigenvalue weighted by atomic mass is 9.74. The predicted molar refractivity (Wildman–Crippen MR) is 149 cm³/mol. The van der Waals surface area contributed by atoms with E-state index in [0.29, 0.717) is 47.2 Å². The normalized spacial score (nSPS) is 20.0. The molecule has 6 rings (SSSR count). The lowest BCUT2D eigenvalue weighted by Crippen LogP contribution is -2.24. The van der Waals surface area contributed by atoms with Crippen LogP contribution in [0.15, 0.2) is 53.1 Å². The maximum absolute atomic E-state index is 13.8. The van der Waals surface area contributed by atoms with E-state index in [1.54, 1.807) is 18.2 Å². The third-order valence-electron chi connectivity index (χ3n) is 8.74. The van der Waals surface area contributed by atoms with Crippen molar-refractivity contribution < 1.29 is 32.3 Å². The number of rotatable bonds is 9. The molecule has 7 nitrogen and oxygen atoms in total. The van der Waals surface area contributed by atoms with Crippen molar-refractivity contribution in [1.29, 1.82) is 0 Å². The quantitative estimate of drug-likeness (QED) is 0.215. The van der Waals surface area contributed by atoms with E-state index >= 15 is 0 Å². The van der Waals surface area contributed by atoms with Gasteiger partial charge < -0.3 is 14.4 Å². The fourth-order valence-electron chi connectivity index (χ4n) is 6.17. The lowest BCUT2D eigenvalue weighted by molar-refractivity contribution is -0.137. The molecular formula is C32H32F3N3O4. The molecule has 1 N–H and O–H groups in total. The van der Waals surface area contributed by atoms with Crippen LogP contribution in [0.25, 0.3) is 22.2 Å². The number of carboxylic acid groups (broad SMARTS) is 1. The Kier molecular flexibility index (Phi) is 7.64. The van der Waals surface area contributed by atoms with E-state index in [2.05, 4.69) is 22.3 Å². The molecule has 4 aromatic rings. The van der Waals surface area contributed by atoms with Crippen molar-refractivity contribution in [2.24, 2.45) is 17.8 Å². The van der Waals surface area contributed by atoms with Crippen molar-refractivity contribution in [3.63, 3.8) is 0 Å². The molecule has 2 aliphatic carbocycles. The van der Waals surface area contributed by atoms with Crippen molar-refractivity contribution in [3.8, 4) is 17.0 Å². The van der Waals surface area contributed by atoms with Gasteiger partial charge in [-0.2, -0.15) is 13.2 Å². The smallest absolute Gasteiger partial charge is 0.417 e. The Morgan fingerprint density at radius 2 is 1.81 bits per heavy atom. The number of nitrogens with zero attached hydrogens (tertiary/aromatic N) is 3. The first-order valence-electron chi connectivity index (χ1n) is 14.5. The zero-order valence-corrected chi connectivity index (χ0v) is 23.2. The van der Waals surface area contributed by atoms with Crippen molar-refractivity contribution in [2.75, 3.05) is 6.61 Å². The molecular weight excluding hydrogens is 547 g/mol. The number of aromatic nitrogens is 3. The van der Waals surface area contributed by atoms with Crippen LogP contribution in [-0.4, -0.2) is 33.0 Å². The minimum atomic E-state index is -4.47. The first-order valence-corrected chi connectivity index (χ1v) is 14.5. The molecule has 0 spiro atoms. The highest BCUT2D eigenvalue weighted by atomic mass is 19.4. The first-order chi connectivity index (χ1) is 20.2. The molecule has 10 heteroatoms. The maximum Gasteiger partial charge on any atom is 0.417 e. The number of carbonyl (C=O) groups is 1. The summed E-state index contributed by atoms with van der Waals surface area (Å²) in [5.74, 6) is 1.68. The second-order valence-corrected chi connectivity index (χ2v) is 11.7. The van der Waals surface area contributed by atoms with Crippen LogP contribution in [0.4, 0.5) is 13.2 Å². The molecule has 0 radical (unpaired) electrons. The van der Waals surface area contributed by atoms with E-state index < -0.39 is 17.7 Å². The van der Waals surface area contributed by atoms with Crippen LogP contribution in [0.5, 0.6) is 5.75 Å². The van der Waals surface area contributed by atoms with Crippen molar-refractivity contribution in [3.05, 3.63) is 71.1 Å². The number of hydrogen-bond acceptors (Lipinski definition) is 6. The van der Waals surface area contributed by atoms with Crippen LogP contribution in [-0.2, 0) is 12.6 Å². The minimum Gasteiger partial charge on any atom is -0.493 e. The highest BCUT2D eigenvalue weighted by Crippen LogP contribution is 2.47. The average molecular weight is 580 g/mol. The number of aromatic carboxylic acids is 1. The summed E-state index contributed by atoms with van der Waals surface area (Å²) in [4.78, 5) is 11.1. The van der Waals surface area contributed by atoms with Gasteiger partial charge in [-0.1, -0.05) is 30.3 Å². The Hall–Kier alpha value is -3.95. The minimum absolute atomic E-state index is 0.0886. The van der Waals surface area contributed by atoms with Crippen LogP contribution in [0, 0.1) is 17.8 Å². The van der Waals surface area contributed by atoms with E-state index in [9.17, 15) is 18.0 Å². The number of ether oxygens (including phenoxy) is 1. The summed E-state index contributed by atoms with van der Waals surface area (Å²) in [6.07, 6.45) is 2.20. The Labute approximate surface area is 241 Å². The Balaban J connectivity index is 1.09.